The van der Waals surface area contributed by atoms with Crippen LogP contribution in [0.3, 0.4) is 0 Å². The first-order valence-electron chi connectivity index (χ1n) is 8.99. The third-order valence-electron chi connectivity index (χ3n) is 4.20. The van der Waals surface area contributed by atoms with E-state index in [0.29, 0.717) is 22.6 Å². The van der Waals surface area contributed by atoms with Crippen LogP contribution in [0.25, 0.3) is 17.4 Å². The van der Waals surface area contributed by atoms with Crippen LogP contribution in [0.1, 0.15) is 16.1 Å². The molecule has 3 aromatic rings. The number of likely N-dealkylation sites (N-methyl/N-ethyl adjacent to an activating group) is 1. The van der Waals surface area contributed by atoms with Gasteiger partial charge in [0.1, 0.15) is 17.2 Å². The van der Waals surface area contributed by atoms with E-state index in [1.165, 1.54) is 23.1 Å². The Balaban J connectivity index is 1.87. The maximum atomic E-state index is 12.5. The number of hydrogen-bond acceptors (Lipinski definition) is 5. The quantitative estimate of drug-likeness (QED) is 0.382. The van der Waals surface area contributed by atoms with Crippen molar-refractivity contribution in [1.29, 1.82) is 0 Å². The van der Waals surface area contributed by atoms with Crippen molar-refractivity contribution < 1.29 is 18.9 Å². The van der Waals surface area contributed by atoms with Crippen molar-refractivity contribution in [3.05, 3.63) is 93.9 Å². The van der Waals surface area contributed by atoms with Gasteiger partial charge in [-0.05, 0) is 36.4 Å². The predicted octanol–water partition coefficient (Wildman–Crippen LogP) is 3.71. The third-order valence-corrected chi connectivity index (χ3v) is 4.20. The number of nitrogens with zero attached hydrogens (tertiary/aromatic N) is 2. The minimum Gasteiger partial charge on any atom is -0.457 e. The fourth-order valence-corrected chi connectivity index (χ4v) is 2.65. The second-order valence-electron chi connectivity index (χ2n) is 6.58. The van der Waals surface area contributed by atoms with Crippen molar-refractivity contribution >= 4 is 23.6 Å². The number of hydrogen-bond donors (Lipinski definition) is 1. The molecule has 8 heteroatoms. The maximum absolute atomic E-state index is 12.5. The van der Waals surface area contributed by atoms with E-state index in [2.05, 4.69) is 5.32 Å². The SMILES string of the molecule is CN(C)C(=O)/C(=C/c1ccc(-c2ccc([N+](=O)[O-])cc2)o1)NC(=O)c1ccccc1. The molecule has 1 heterocycles. The van der Waals surface area contributed by atoms with Gasteiger partial charge in [-0.1, -0.05) is 18.2 Å². The lowest BCUT2D eigenvalue weighted by molar-refractivity contribution is -0.384. The summed E-state index contributed by atoms with van der Waals surface area (Å²) in [7, 11) is 3.16. The zero-order valence-corrected chi connectivity index (χ0v) is 16.4. The minimum absolute atomic E-state index is 0.0204. The molecule has 8 nitrogen and oxygen atoms in total. The fourth-order valence-electron chi connectivity index (χ4n) is 2.65. The minimum atomic E-state index is -0.478. The molecule has 0 unspecified atom stereocenters. The van der Waals surface area contributed by atoms with Crippen LogP contribution < -0.4 is 5.32 Å². The molecule has 1 N–H and O–H groups in total. The average molecular weight is 405 g/mol. The van der Waals surface area contributed by atoms with Crippen molar-refractivity contribution in [2.45, 2.75) is 0 Å². The third kappa shape index (κ3) is 4.79. The number of rotatable bonds is 6. The van der Waals surface area contributed by atoms with Gasteiger partial charge in [-0.2, -0.15) is 0 Å². The number of carbonyl (C=O) groups is 2. The number of benzene rings is 2. The van der Waals surface area contributed by atoms with Crippen molar-refractivity contribution in [1.82, 2.24) is 10.2 Å². The van der Waals surface area contributed by atoms with E-state index in [9.17, 15) is 19.7 Å². The molecule has 2 aromatic carbocycles. The summed E-state index contributed by atoms with van der Waals surface area (Å²) in [4.78, 5) is 36.7. The average Bonchev–Trinajstić information content (AvgIpc) is 3.21. The predicted molar refractivity (Wildman–Crippen MR) is 111 cm³/mol. The van der Waals surface area contributed by atoms with E-state index >= 15 is 0 Å². The Kier molecular flexibility index (Phi) is 6.07. The van der Waals surface area contributed by atoms with Crippen LogP contribution in [0, 0.1) is 10.1 Å². The Morgan fingerprint density at radius 1 is 1.00 bits per heavy atom. The Morgan fingerprint density at radius 3 is 2.27 bits per heavy atom. The van der Waals surface area contributed by atoms with E-state index in [1.807, 2.05) is 0 Å². The van der Waals surface area contributed by atoms with Gasteiger partial charge in [0, 0.05) is 43.4 Å². The first kappa shape index (κ1) is 20.5. The molecule has 0 spiro atoms. The zero-order chi connectivity index (χ0) is 21.7. The van der Waals surface area contributed by atoms with Gasteiger partial charge in [0.2, 0.25) is 0 Å². The lowest BCUT2D eigenvalue weighted by Crippen LogP contribution is -2.34. The fraction of sp³-hybridized carbons (Fsp3) is 0.0909. The number of non-ortho nitro benzene ring substituents is 1. The number of nitro groups is 1. The summed E-state index contributed by atoms with van der Waals surface area (Å²) >= 11 is 0. The molecule has 2 amide bonds. The van der Waals surface area contributed by atoms with Crippen molar-refractivity contribution in [2.75, 3.05) is 14.1 Å². The van der Waals surface area contributed by atoms with Gasteiger partial charge in [-0.15, -0.1) is 0 Å². The monoisotopic (exact) mass is 405 g/mol. The molecule has 30 heavy (non-hydrogen) atoms. The molecule has 152 valence electrons. The molecular weight excluding hydrogens is 386 g/mol. The second-order valence-corrected chi connectivity index (χ2v) is 6.58. The van der Waals surface area contributed by atoms with Gasteiger partial charge >= 0.3 is 0 Å². The summed E-state index contributed by atoms with van der Waals surface area (Å²) in [5.74, 6) is 0.0101. The first-order chi connectivity index (χ1) is 14.3. The van der Waals surface area contributed by atoms with Crippen molar-refractivity contribution in [3.63, 3.8) is 0 Å². The molecule has 3 rings (SSSR count). The second kappa shape index (κ2) is 8.87. The van der Waals surface area contributed by atoms with Crippen LogP contribution in [-0.2, 0) is 4.79 Å². The van der Waals surface area contributed by atoms with E-state index in [0.717, 1.165) is 0 Å². The standard InChI is InChI=1S/C22H19N3O5/c1-24(2)22(27)19(23-21(26)16-6-4-3-5-7-16)14-18-12-13-20(30-18)15-8-10-17(11-9-15)25(28)29/h3-14H,1-2H3,(H,23,26)/b19-14-. The Morgan fingerprint density at radius 2 is 1.67 bits per heavy atom. The van der Waals surface area contributed by atoms with Crippen LogP contribution in [0.4, 0.5) is 5.69 Å². The molecule has 0 aliphatic heterocycles. The Bertz CT molecular complexity index is 1100. The van der Waals surface area contributed by atoms with Gasteiger partial charge in [-0.25, -0.2) is 0 Å². The molecule has 0 saturated carbocycles. The molecule has 0 fully saturated rings. The maximum Gasteiger partial charge on any atom is 0.269 e. The van der Waals surface area contributed by atoms with E-state index < -0.39 is 16.7 Å². The van der Waals surface area contributed by atoms with Crippen molar-refractivity contribution in [2.24, 2.45) is 0 Å². The van der Waals surface area contributed by atoms with Gasteiger partial charge in [0.25, 0.3) is 17.5 Å². The molecule has 1 aromatic heterocycles. The summed E-state index contributed by atoms with van der Waals surface area (Å²) in [6, 6.07) is 17.8. The molecule has 0 atom stereocenters. The normalized spacial score (nSPS) is 11.1. The van der Waals surface area contributed by atoms with Crippen LogP contribution in [0.2, 0.25) is 0 Å². The molecule has 0 bridgehead atoms. The lowest BCUT2D eigenvalue weighted by atomic mass is 10.1. The van der Waals surface area contributed by atoms with E-state index in [1.54, 1.807) is 68.7 Å². The topological polar surface area (TPSA) is 106 Å². The van der Waals surface area contributed by atoms with Crippen LogP contribution in [0.5, 0.6) is 0 Å². The smallest absolute Gasteiger partial charge is 0.269 e. The van der Waals surface area contributed by atoms with Crippen LogP contribution >= 0.6 is 0 Å². The summed E-state index contributed by atoms with van der Waals surface area (Å²) in [6.07, 6.45) is 1.44. The highest BCUT2D eigenvalue weighted by Gasteiger charge is 2.17. The first-order valence-corrected chi connectivity index (χ1v) is 8.99. The van der Waals surface area contributed by atoms with E-state index in [-0.39, 0.29) is 11.4 Å². The van der Waals surface area contributed by atoms with Gasteiger partial charge < -0.3 is 14.6 Å². The number of amides is 2. The molecular formula is C22H19N3O5. The Labute approximate surface area is 172 Å². The summed E-state index contributed by atoms with van der Waals surface area (Å²) in [5, 5.41) is 13.4. The van der Waals surface area contributed by atoms with E-state index in [4.69, 9.17) is 4.42 Å². The van der Waals surface area contributed by atoms with Crippen LogP contribution in [0.15, 0.2) is 76.8 Å². The highest BCUT2D eigenvalue weighted by Crippen LogP contribution is 2.25. The van der Waals surface area contributed by atoms with Crippen molar-refractivity contribution in [3.8, 4) is 11.3 Å². The van der Waals surface area contributed by atoms with Crippen LogP contribution in [-0.4, -0.2) is 35.7 Å². The largest absolute Gasteiger partial charge is 0.457 e. The molecule has 0 radical (unpaired) electrons. The number of nitro benzene ring substituents is 1. The number of carbonyl (C=O) groups excluding carboxylic acids is 2. The zero-order valence-electron chi connectivity index (χ0n) is 16.4. The summed E-state index contributed by atoms with van der Waals surface area (Å²) < 4.78 is 5.75. The number of nitrogens with one attached hydrogen (secondary N) is 1. The highest BCUT2D eigenvalue weighted by atomic mass is 16.6. The number of furan rings is 1. The van der Waals surface area contributed by atoms with Gasteiger partial charge in [-0.3, -0.25) is 19.7 Å². The van der Waals surface area contributed by atoms with Gasteiger partial charge in [0.15, 0.2) is 0 Å². The lowest BCUT2D eigenvalue weighted by Gasteiger charge is -2.14. The van der Waals surface area contributed by atoms with Gasteiger partial charge in [0.05, 0.1) is 4.92 Å². The Hall–Kier alpha value is -4.20. The molecule has 0 aliphatic rings. The summed E-state index contributed by atoms with van der Waals surface area (Å²) in [6.45, 7) is 0. The highest BCUT2D eigenvalue weighted by molar-refractivity contribution is 6.05. The molecule has 0 saturated heterocycles. The summed E-state index contributed by atoms with van der Waals surface area (Å²) in [5.41, 5.74) is 1.10. The molecule has 0 aliphatic carbocycles.